The van der Waals surface area contributed by atoms with Gasteiger partial charge >= 0.3 is 0 Å². The third kappa shape index (κ3) is 5.01. The molecule has 0 aromatic rings. The molecule has 1 saturated heterocycles. The molecule has 0 bridgehead atoms. The molecule has 1 heterocycles. The lowest BCUT2D eigenvalue weighted by Gasteiger charge is -2.34. The monoisotopic (exact) mass is 269 g/mol. The van der Waals surface area contributed by atoms with E-state index in [1.807, 2.05) is 13.8 Å². The van der Waals surface area contributed by atoms with Crippen molar-refractivity contribution in [1.82, 2.24) is 4.90 Å². The normalized spacial score (nSPS) is 20.2. The molecule has 0 atom stereocenters. The lowest BCUT2D eigenvalue weighted by molar-refractivity contribution is 0.153. The van der Waals surface area contributed by atoms with Gasteiger partial charge in [0.1, 0.15) is 5.84 Å². The van der Waals surface area contributed by atoms with Crippen LogP contribution in [0.2, 0.25) is 0 Å². The molecule has 0 aromatic heterocycles. The molecule has 4 nitrogen and oxygen atoms in total. The molecule has 1 fully saturated rings. The van der Waals surface area contributed by atoms with E-state index in [9.17, 15) is 0 Å². The summed E-state index contributed by atoms with van der Waals surface area (Å²) in [4.78, 5) is 2.56. The van der Waals surface area contributed by atoms with Crippen LogP contribution in [0.3, 0.4) is 0 Å². The van der Waals surface area contributed by atoms with Gasteiger partial charge in [-0.3, -0.25) is 0 Å². The van der Waals surface area contributed by atoms with E-state index in [-0.39, 0.29) is 5.41 Å². The summed E-state index contributed by atoms with van der Waals surface area (Å²) in [6.45, 7) is 12.3. The molecule has 112 valence electrons. The van der Waals surface area contributed by atoms with Crippen LogP contribution in [-0.4, -0.2) is 35.6 Å². The highest BCUT2D eigenvalue weighted by atomic mass is 16.4. The Labute approximate surface area is 118 Å². The highest BCUT2D eigenvalue weighted by molar-refractivity contribution is 5.85. The maximum Gasteiger partial charge on any atom is 0.144 e. The fraction of sp³-hybridized carbons (Fsp3) is 0.933. The lowest BCUT2D eigenvalue weighted by Crippen LogP contribution is -2.37. The molecular formula is C15H31N3O. The van der Waals surface area contributed by atoms with Crippen LogP contribution in [0.1, 0.15) is 53.4 Å². The highest BCUT2D eigenvalue weighted by Gasteiger charge is 2.25. The van der Waals surface area contributed by atoms with Gasteiger partial charge in [0.05, 0.1) is 0 Å². The zero-order valence-corrected chi connectivity index (χ0v) is 13.0. The molecule has 0 unspecified atom stereocenters. The Hall–Kier alpha value is -0.770. The second-order valence-corrected chi connectivity index (χ2v) is 6.90. The van der Waals surface area contributed by atoms with Crippen molar-refractivity contribution < 1.29 is 5.21 Å². The fourth-order valence-electron chi connectivity index (χ4n) is 2.85. The first kappa shape index (κ1) is 16.3. The number of nitrogens with two attached hydrogens (primary N) is 1. The van der Waals surface area contributed by atoms with E-state index in [2.05, 4.69) is 23.9 Å². The number of amidine groups is 1. The van der Waals surface area contributed by atoms with E-state index in [4.69, 9.17) is 10.9 Å². The molecule has 0 spiro atoms. The molecule has 0 aromatic carbocycles. The van der Waals surface area contributed by atoms with Crippen LogP contribution in [-0.2, 0) is 0 Å². The Morgan fingerprint density at radius 2 is 1.95 bits per heavy atom. The standard InChI is InChI=1S/C15H31N3O/c1-12(2)13-6-10-18(11-7-13)9-5-8-15(3,4)14(16)17-19/h12-13,19H,5-11H2,1-4H3,(H2,16,17). The molecule has 0 amide bonds. The van der Waals surface area contributed by atoms with Crippen molar-refractivity contribution in [1.29, 1.82) is 0 Å². The van der Waals surface area contributed by atoms with E-state index < -0.39 is 0 Å². The van der Waals surface area contributed by atoms with Crippen LogP contribution >= 0.6 is 0 Å². The fourth-order valence-corrected chi connectivity index (χ4v) is 2.85. The van der Waals surface area contributed by atoms with Gasteiger partial charge in [-0.15, -0.1) is 0 Å². The average molecular weight is 269 g/mol. The minimum atomic E-state index is -0.203. The first-order valence-corrected chi connectivity index (χ1v) is 7.57. The summed E-state index contributed by atoms with van der Waals surface area (Å²) < 4.78 is 0. The van der Waals surface area contributed by atoms with Gasteiger partial charge in [0.2, 0.25) is 0 Å². The van der Waals surface area contributed by atoms with Gasteiger partial charge < -0.3 is 15.8 Å². The molecular weight excluding hydrogens is 238 g/mol. The van der Waals surface area contributed by atoms with Crippen LogP contribution in [0.5, 0.6) is 0 Å². The predicted octanol–water partition coefficient (Wildman–Crippen LogP) is 2.91. The van der Waals surface area contributed by atoms with Gasteiger partial charge in [0.25, 0.3) is 0 Å². The summed E-state index contributed by atoms with van der Waals surface area (Å²) in [6.07, 6.45) is 4.74. The Balaban J connectivity index is 2.25. The van der Waals surface area contributed by atoms with E-state index in [0.29, 0.717) is 5.84 Å². The third-order valence-electron chi connectivity index (χ3n) is 4.65. The van der Waals surface area contributed by atoms with Crippen molar-refractivity contribution in [2.45, 2.75) is 53.4 Å². The zero-order chi connectivity index (χ0) is 14.5. The summed E-state index contributed by atoms with van der Waals surface area (Å²) >= 11 is 0. The second-order valence-electron chi connectivity index (χ2n) is 6.90. The first-order chi connectivity index (χ1) is 8.86. The number of nitrogens with zero attached hydrogens (tertiary/aromatic N) is 2. The molecule has 4 heteroatoms. The number of hydrogen-bond donors (Lipinski definition) is 2. The number of rotatable bonds is 6. The van der Waals surface area contributed by atoms with Gasteiger partial charge in [-0.05, 0) is 57.2 Å². The Morgan fingerprint density at radius 3 is 2.42 bits per heavy atom. The molecule has 1 aliphatic heterocycles. The van der Waals surface area contributed by atoms with Crippen LogP contribution in [0.25, 0.3) is 0 Å². The largest absolute Gasteiger partial charge is 0.409 e. The Morgan fingerprint density at radius 1 is 1.37 bits per heavy atom. The quantitative estimate of drug-likeness (QED) is 0.337. The molecule has 0 aliphatic carbocycles. The first-order valence-electron chi connectivity index (χ1n) is 7.57. The highest BCUT2D eigenvalue weighted by Crippen LogP contribution is 2.26. The van der Waals surface area contributed by atoms with E-state index in [0.717, 1.165) is 31.2 Å². The summed E-state index contributed by atoms with van der Waals surface area (Å²) in [5.74, 6) is 2.07. The SMILES string of the molecule is CC(C)C1CCN(CCCC(C)(C)C(N)=NO)CC1. The van der Waals surface area contributed by atoms with Crippen LogP contribution in [0.15, 0.2) is 5.16 Å². The maximum atomic E-state index is 8.75. The van der Waals surface area contributed by atoms with Gasteiger partial charge in [0, 0.05) is 5.41 Å². The van der Waals surface area contributed by atoms with Gasteiger partial charge in [0.15, 0.2) is 0 Å². The molecule has 19 heavy (non-hydrogen) atoms. The smallest absolute Gasteiger partial charge is 0.144 e. The summed E-state index contributed by atoms with van der Waals surface area (Å²) in [5.41, 5.74) is 5.50. The molecule has 1 rings (SSSR count). The van der Waals surface area contributed by atoms with Gasteiger partial charge in [-0.2, -0.15) is 0 Å². The van der Waals surface area contributed by atoms with Gasteiger partial charge in [-0.1, -0.05) is 32.9 Å². The Bertz CT molecular complexity index is 292. The predicted molar refractivity (Wildman–Crippen MR) is 80.4 cm³/mol. The maximum absolute atomic E-state index is 8.75. The van der Waals surface area contributed by atoms with Crippen molar-refractivity contribution in [3.05, 3.63) is 0 Å². The van der Waals surface area contributed by atoms with E-state index in [1.165, 1.54) is 25.9 Å². The Kier molecular flexibility index (Phi) is 6.11. The van der Waals surface area contributed by atoms with Crippen molar-refractivity contribution in [3.8, 4) is 0 Å². The van der Waals surface area contributed by atoms with Gasteiger partial charge in [-0.25, -0.2) is 0 Å². The average Bonchev–Trinajstić information content (AvgIpc) is 2.38. The van der Waals surface area contributed by atoms with Crippen molar-refractivity contribution >= 4 is 5.84 Å². The lowest BCUT2D eigenvalue weighted by atomic mass is 9.85. The van der Waals surface area contributed by atoms with Crippen molar-refractivity contribution in [2.24, 2.45) is 28.1 Å². The van der Waals surface area contributed by atoms with E-state index in [1.54, 1.807) is 0 Å². The minimum absolute atomic E-state index is 0.203. The molecule has 0 radical (unpaired) electrons. The van der Waals surface area contributed by atoms with E-state index >= 15 is 0 Å². The summed E-state index contributed by atoms with van der Waals surface area (Å²) in [7, 11) is 0. The number of piperidine rings is 1. The molecule has 1 aliphatic rings. The van der Waals surface area contributed by atoms with Crippen LogP contribution in [0.4, 0.5) is 0 Å². The van der Waals surface area contributed by atoms with Crippen molar-refractivity contribution in [3.63, 3.8) is 0 Å². The summed E-state index contributed by atoms with van der Waals surface area (Å²) in [5, 5.41) is 11.9. The van der Waals surface area contributed by atoms with Crippen LogP contribution < -0.4 is 5.73 Å². The summed E-state index contributed by atoms with van der Waals surface area (Å²) in [6, 6.07) is 0. The molecule has 0 saturated carbocycles. The second kappa shape index (κ2) is 7.13. The number of oxime groups is 1. The number of likely N-dealkylation sites (tertiary alicyclic amines) is 1. The molecule has 3 N–H and O–H groups in total. The zero-order valence-electron chi connectivity index (χ0n) is 13.0. The van der Waals surface area contributed by atoms with Crippen molar-refractivity contribution in [2.75, 3.05) is 19.6 Å². The minimum Gasteiger partial charge on any atom is -0.409 e. The van der Waals surface area contributed by atoms with Crippen LogP contribution in [0, 0.1) is 17.3 Å². The third-order valence-corrected chi connectivity index (χ3v) is 4.65. The topological polar surface area (TPSA) is 61.8 Å². The number of hydrogen-bond acceptors (Lipinski definition) is 3.